The van der Waals surface area contributed by atoms with Crippen LogP contribution in [0.2, 0.25) is 5.02 Å². The van der Waals surface area contributed by atoms with Crippen molar-refractivity contribution in [2.45, 2.75) is 6.54 Å². The highest BCUT2D eigenvalue weighted by molar-refractivity contribution is 6.31. The molecular weight excluding hydrogens is 300 g/mol. The summed E-state index contributed by atoms with van der Waals surface area (Å²) in [6.45, 7) is 0.383. The van der Waals surface area contributed by atoms with E-state index in [9.17, 15) is 4.79 Å². The predicted octanol–water partition coefficient (Wildman–Crippen LogP) is 3.26. The van der Waals surface area contributed by atoms with Crippen LogP contribution in [0, 0.1) is 0 Å². The van der Waals surface area contributed by atoms with Gasteiger partial charge in [-0.25, -0.2) is 0 Å². The minimum Gasteiger partial charge on any atom is -0.495 e. The Balaban J connectivity index is 1.94. The Hall–Kier alpha value is -2.46. The van der Waals surface area contributed by atoms with Gasteiger partial charge in [0.15, 0.2) is 0 Å². The molecule has 2 aromatic rings. The summed E-state index contributed by atoms with van der Waals surface area (Å²) in [5.74, 6) is 0.412. The molecule has 0 spiro atoms. The largest absolute Gasteiger partial charge is 0.495 e. The van der Waals surface area contributed by atoms with Crippen LogP contribution in [0.3, 0.4) is 0 Å². The predicted molar refractivity (Wildman–Crippen MR) is 89.7 cm³/mol. The number of carbonyl (C=O) groups is 1. The van der Waals surface area contributed by atoms with Crippen molar-refractivity contribution in [3.05, 3.63) is 64.7 Å². The molecular formula is C17H17ClN2O2. The molecule has 0 aliphatic rings. The van der Waals surface area contributed by atoms with Gasteiger partial charge in [-0.05, 0) is 35.4 Å². The van der Waals surface area contributed by atoms with E-state index < -0.39 is 0 Å². The second kappa shape index (κ2) is 7.52. The van der Waals surface area contributed by atoms with E-state index in [4.69, 9.17) is 22.1 Å². The van der Waals surface area contributed by atoms with E-state index in [1.807, 2.05) is 24.3 Å². The maximum atomic E-state index is 11.8. The molecule has 0 bridgehead atoms. The lowest BCUT2D eigenvalue weighted by Gasteiger charge is -2.05. The van der Waals surface area contributed by atoms with E-state index in [-0.39, 0.29) is 5.91 Å². The summed E-state index contributed by atoms with van der Waals surface area (Å²) in [5, 5.41) is 3.42. The summed E-state index contributed by atoms with van der Waals surface area (Å²) in [4.78, 5) is 11.8. The average molecular weight is 317 g/mol. The van der Waals surface area contributed by atoms with Crippen molar-refractivity contribution < 1.29 is 9.53 Å². The van der Waals surface area contributed by atoms with Crippen molar-refractivity contribution in [2.24, 2.45) is 0 Å². The molecule has 2 aromatic carbocycles. The number of carbonyl (C=O) groups excluding carboxylic acids is 1. The molecule has 1 amide bonds. The Morgan fingerprint density at radius 2 is 2.09 bits per heavy atom. The van der Waals surface area contributed by atoms with Crippen LogP contribution < -0.4 is 15.8 Å². The van der Waals surface area contributed by atoms with Gasteiger partial charge >= 0.3 is 0 Å². The molecule has 114 valence electrons. The third kappa shape index (κ3) is 4.27. The first-order chi connectivity index (χ1) is 10.6. The van der Waals surface area contributed by atoms with E-state index in [1.165, 1.54) is 6.08 Å². The highest BCUT2D eigenvalue weighted by Gasteiger charge is 2.02. The van der Waals surface area contributed by atoms with Gasteiger partial charge in [-0.1, -0.05) is 35.9 Å². The molecule has 2 rings (SSSR count). The Morgan fingerprint density at radius 3 is 2.77 bits per heavy atom. The minimum absolute atomic E-state index is 0.200. The Bertz CT molecular complexity index is 699. The number of nitrogen functional groups attached to an aromatic ring is 1. The van der Waals surface area contributed by atoms with Crippen molar-refractivity contribution in [3.63, 3.8) is 0 Å². The van der Waals surface area contributed by atoms with Crippen LogP contribution >= 0.6 is 11.6 Å². The molecule has 3 N–H and O–H groups in total. The third-order valence-corrected chi connectivity index (χ3v) is 3.46. The lowest BCUT2D eigenvalue weighted by atomic mass is 10.1. The van der Waals surface area contributed by atoms with Crippen LogP contribution in [0.25, 0.3) is 6.08 Å². The summed E-state index contributed by atoms with van der Waals surface area (Å²) in [7, 11) is 1.56. The van der Waals surface area contributed by atoms with Crippen LogP contribution in [0.4, 0.5) is 5.69 Å². The van der Waals surface area contributed by atoms with Crippen molar-refractivity contribution in [1.82, 2.24) is 5.32 Å². The van der Waals surface area contributed by atoms with Crippen LogP contribution in [-0.4, -0.2) is 13.0 Å². The number of anilines is 1. The number of halogens is 1. The maximum absolute atomic E-state index is 11.8. The molecule has 0 atom stereocenters. The van der Waals surface area contributed by atoms with Crippen LogP contribution in [0.1, 0.15) is 11.1 Å². The first kappa shape index (κ1) is 15.9. The first-order valence-corrected chi connectivity index (χ1v) is 7.11. The quantitative estimate of drug-likeness (QED) is 0.657. The SMILES string of the molecule is COc1ccc(/C=C\C(=O)NCc2ccccc2Cl)cc1N. The van der Waals surface area contributed by atoms with Gasteiger partial charge in [0.1, 0.15) is 5.75 Å². The summed E-state index contributed by atoms with van der Waals surface area (Å²) in [6, 6.07) is 12.7. The van der Waals surface area contributed by atoms with E-state index in [2.05, 4.69) is 5.32 Å². The first-order valence-electron chi connectivity index (χ1n) is 6.73. The third-order valence-electron chi connectivity index (χ3n) is 3.09. The standard InChI is InChI=1S/C17H17ClN2O2/c1-22-16-8-6-12(10-15(16)19)7-9-17(21)20-11-13-4-2-3-5-14(13)18/h2-10H,11,19H2,1H3,(H,20,21)/b9-7-. The molecule has 5 heteroatoms. The monoisotopic (exact) mass is 316 g/mol. The molecule has 4 nitrogen and oxygen atoms in total. The normalized spacial score (nSPS) is 10.6. The Labute approximate surface area is 134 Å². The number of ether oxygens (including phenoxy) is 1. The van der Waals surface area contributed by atoms with Crippen molar-refractivity contribution in [1.29, 1.82) is 0 Å². The van der Waals surface area contributed by atoms with E-state index in [1.54, 1.807) is 31.4 Å². The molecule has 0 aromatic heterocycles. The zero-order valence-electron chi connectivity index (χ0n) is 12.2. The fourth-order valence-corrected chi connectivity index (χ4v) is 2.11. The number of amides is 1. The Morgan fingerprint density at radius 1 is 1.32 bits per heavy atom. The van der Waals surface area contributed by atoms with Gasteiger partial charge in [-0.3, -0.25) is 4.79 Å². The molecule has 0 aliphatic heterocycles. The second-order valence-corrected chi connectivity index (χ2v) is 5.05. The average Bonchev–Trinajstić information content (AvgIpc) is 2.52. The summed E-state index contributed by atoms with van der Waals surface area (Å²) in [5.41, 5.74) is 8.04. The van der Waals surface area contributed by atoms with Crippen molar-refractivity contribution >= 4 is 29.3 Å². The topological polar surface area (TPSA) is 64.3 Å². The highest BCUT2D eigenvalue weighted by atomic mass is 35.5. The second-order valence-electron chi connectivity index (χ2n) is 4.64. The number of nitrogens with two attached hydrogens (primary N) is 1. The number of benzene rings is 2. The van der Waals surface area contributed by atoms with Crippen molar-refractivity contribution in [2.75, 3.05) is 12.8 Å². The zero-order valence-corrected chi connectivity index (χ0v) is 12.9. The van der Waals surface area contributed by atoms with Crippen LogP contribution in [0.15, 0.2) is 48.5 Å². The summed E-state index contributed by atoms with van der Waals surface area (Å²) in [6.07, 6.45) is 3.15. The molecule has 0 aliphatic carbocycles. The number of hydrogen-bond acceptors (Lipinski definition) is 3. The Kier molecular flexibility index (Phi) is 5.44. The summed E-state index contributed by atoms with van der Waals surface area (Å²) < 4.78 is 5.08. The molecule has 0 fully saturated rings. The lowest BCUT2D eigenvalue weighted by molar-refractivity contribution is -0.116. The lowest BCUT2D eigenvalue weighted by Crippen LogP contribution is -2.20. The van der Waals surface area contributed by atoms with E-state index in [0.717, 1.165) is 11.1 Å². The smallest absolute Gasteiger partial charge is 0.244 e. The number of hydrogen-bond donors (Lipinski definition) is 2. The molecule has 0 saturated carbocycles. The molecule has 0 radical (unpaired) electrons. The number of methoxy groups -OCH3 is 1. The highest BCUT2D eigenvalue weighted by Crippen LogP contribution is 2.22. The number of nitrogens with one attached hydrogen (secondary N) is 1. The molecule has 0 heterocycles. The van der Waals surface area contributed by atoms with Crippen molar-refractivity contribution in [3.8, 4) is 5.75 Å². The van der Waals surface area contributed by atoms with Gasteiger partial charge in [0, 0.05) is 17.6 Å². The van der Waals surface area contributed by atoms with Gasteiger partial charge in [0.25, 0.3) is 0 Å². The van der Waals surface area contributed by atoms with Crippen LogP contribution in [-0.2, 0) is 11.3 Å². The minimum atomic E-state index is -0.200. The molecule has 22 heavy (non-hydrogen) atoms. The van der Waals surface area contributed by atoms with E-state index >= 15 is 0 Å². The van der Waals surface area contributed by atoms with Crippen LogP contribution in [0.5, 0.6) is 5.75 Å². The fraction of sp³-hybridized carbons (Fsp3) is 0.118. The van der Waals surface area contributed by atoms with Gasteiger partial charge in [-0.15, -0.1) is 0 Å². The maximum Gasteiger partial charge on any atom is 0.244 e. The van der Waals surface area contributed by atoms with Gasteiger partial charge in [0.2, 0.25) is 5.91 Å². The van der Waals surface area contributed by atoms with E-state index in [0.29, 0.717) is 23.0 Å². The zero-order chi connectivity index (χ0) is 15.9. The van der Waals surface area contributed by atoms with Gasteiger partial charge in [0.05, 0.1) is 12.8 Å². The fourth-order valence-electron chi connectivity index (χ4n) is 1.91. The molecule has 0 unspecified atom stereocenters. The summed E-state index contributed by atoms with van der Waals surface area (Å²) >= 11 is 6.03. The number of rotatable bonds is 5. The van der Waals surface area contributed by atoms with Gasteiger partial charge < -0.3 is 15.8 Å². The van der Waals surface area contributed by atoms with Gasteiger partial charge in [-0.2, -0.15) is 0 Å². The molecule has 0 saturated heterocycles.